The third-order valence-electron chi connectivity index (χ3n) is 4.13. The van der Waals surface area contributed by atoms with Gasteiger partial charge in [0.2, 0.25) is 0 Å². The van der Waals surface area contributed by atoms with E-state index in [0.29, 0.717) is 12.3 Å². The van der Waals surface area contributed by atoms with E-state index in [9.17, 15) is 9.59 Å². The van der Waals surface area contributed by atoms with Crippen molar-refractivity contribution in [2.75, 3.05) is 11.5 Å². The van der Waals surface area contributed by atoms with Crippen LogP contribution in [0.25, 0.3) is 6.08 Å². The Balaban J connectivity index is 2.00. The van der Waals surface area contributed by atoms with Gasteiger partial charge < -0.3 is 4.74 Å². The van der Waals surface area contributed by atoms with Crippen molar-refractivity contribution in [2.45, 2.75) is 20.8 Å². The lowest BCUT2D eigenvalue weighted by Crippen LogP contribution is -2.54. The molecule has 0 radical (unpaired) electrons. The standard InChI is InChI=1S/C21H19IN2O3S/c1-4-27-18-6-5-14(11-17(18)22)10-16-19(25)23-21(28)24(20(16)26)15-8-12(2)7-13(3)9-15/h5-11H,4H2,1-3H3,(H,23,25,28)/b16-10+. The predicted octanol–water partition coefficient (Wildman–Crippen LogP) is 4.14. The fourth-order valence-electron chi connectivity index (χ4n) is 3.02. The van der Waals surface area contributed by atoms with Gasteiger partial charge in [0.1, 0.15) is 11.3 Å². The Hall–Kier alpha value is -2.26. The van der Waals surface area contributed by atoms with E-state index in [0.717, 1.165) is 26.0 Å². The van der Waals surface area contributed by atoms with Crippen LogP contribution in [-0.2, 0) is 9.59 Å². The Morgan fingerprint density at radius 1 is 1.14 bits per heavy atom. The van der Waals surface area contributed by atoms with Crippen molar-refractivity contribution in [2.24, 2.45) is 0 Å². The lowest BCUT2D eigenvalue weighted by molar-refractivity contribution is -0.122. The summed E-state index contributed by atoms with van der Waals surface area (Å²) < 4.78 is 6.44. The number of hydrogen-bond acceptors (Lipinski definition) is 4. The third kappa shape index (κ3) is 4.25. The second kappa shape index (κ2) is 8.40. The minimum absolute atomic E-state index is 0.0349. The zero-order chi connectivity index (χ0) is 20.4. The molecule has 0 saturated carbocycles. The van der Waals surface area contributed by atoms with Crippen LogP contribution in [0.3, 0.4) is 0 Å². The predicted molar refractivity (Wildman–Crippen MR) is 122 cm³/mol. The Labute approximate surface area is 182 Å². The highest BCUT2D eigenvalue weighted by atomic mass is 127. The first-order valence-electron chi connectivity index (χ1n) is 8.72. The quantitative estimate of drug-likeness (QED) is 0.293. The van der Waals surface area contributed by atoms with E-state index in [-0.39, 0.29) is 10.7 Å². The summed E-state index contributed by atoms with van der Waals surface area (Å²) in [5.41, 5.74) is 3.43. The topological polar surface area (TPSA) is 58.6 Å². The largest absolute Gasteiger partial charge is 0.493 e. The van der Waals surface area contributed by atoms with Crippen molar-refractivity contribution in [3.63, 3.8) is 0 Å². The number of ether oxygens (including phenoxy) is 1. The fraction of sp³-hybridized carbons (Fsp3) is 0.190. The fourth-order valence-corrected chi connectivity index (χ4v) is 3.99. The smallest absolute Gasteiger partial charge is 0.270 e. The van der Waals surface area contributed by atoms with Crippen LogP contribution in [0.4, 0.5) is 5.69 Å². The SMILES string of the molecule is CCOc1ccc(/C=C2\C(=O)NC(=S)N(c3cc(C)cc(C)c3)C2=O)cc1I. The van der Waals surface area contributed by atoms with E-state index in [1.807, 2.05) is 57.2 Å². The van der Waals surface area contributed by atoms with Gasteiger partial charge in [-0.15, -0.1) is 0 Å². The minimum atomic E-state index is -0.500. The molecule has 1 saturated heterocycles. The number of amides is 2. The summed E-state index contributed by atoms with van der Waals surface area (Å²) >= 11 is 7.43. The van der Waals surface area contributed by atoms with Gasteiger partial charge in [0.05, 0.1) is 15.9 Å². The van der Waals surface area contributed by atoms with Gasteiger partial charge in [-0.05, 0) is 103 Å². The normalized spacial score (nSPS) is 15.8. The third-order valence-corrected chi connectivity index (χ3v) is 5.26. The van der Waals surface area contributed by atoms with Gasteiger partial charge in [0.25, 0.3) is 11.8 Å². The van der Waals surface area contributed by atoms with Gasteiger partial charge in [-0.1, -0.05) is 12.1 Å². The number of rotatable bonds is 4. The molecule has 0 atom stereocenters. The summed E-state index contributed by atoms with van der Waals surface area (Å²) in [6, 6.07) is 11.3. The highest BCUT2D eigenvalue weighted by Crippen LogP contribution is 2.26. The van der Waals surface area contributed by atoms with Gasteiger partial charge in [0, 0.05) is 0 Å². The summed E-state index contributed by atoms with van der Waals surface area (Å²) in [4.78, 5) is 26.9. The van der Waals surface area contributed by atoms with Crippen LogP contribution < -0.4 is 15.0 Å². The molecule has 1 heterocycles. The maximum absolute atomic E-state index is 13.1. The molecule has 2 amide bonds. The molecule has 144 valence electrons. The van der Waals surface area contributed by atoms with Gasteiger partial charge in [-0.25, -0.2) is 0 Å². The van der Waals surface area contributed by atoms with Crippen molar-refractivity contribution in [1.29, 1.82) is 0 Å². The van der Waals surface area contributed by atoms with Crippen molar-refractivity contribution >= 4 is 63.5 Å². The van der Waals surface area contributed by atoms with Crippen LogP contribution in [0.15, 0.2) is 42.0 Å². The van der Waals surface area contributed by atoms with E-state index in [4.69, 9.17) is 17.0 Å². The summed E-state index contributed by atoms with van der Waals surface area (Å²) in [5.74, 6) is -0.176. The first kappa shape index (κ1) is 20.5. The van der Waals surface area contributed by atoms with Crippen molar-refractivity contribution in [3.05, 3.63) is 62.2 Å². The molecule has 1 fully saturated rings. The minimum Gasteiger partial charge on any atom is -0.493 e. The molecule has 0 aromatic heterocycles. The van der Waals surface area contributed by atoms with E-state index < -0.39 is 11.8 Å². The number of aryl methyl sites for hydroxylation is 2. The lowest BCUT2D eigenvalue weighted by Gasteiger charge is -2.29. The van der Waals surface area contributed by atoms with Crippen LogP contribution in [0.5, 0.6) is 5.75 Å². The van der Waals surface area contributed by atoms with Crippen LogP contribution in [0.2, 0.25) is 0 Å². The Bertz CT molecular complexity index is 996. The molecule has 1 aliphatic rings. The number of nitrogens with one attached hydrogen (secondary N) is 1. The Kier molecular flexibility index (Phi) is 6.14. The zero-order valence-electron chi connectivity index (χ0n) is 15.7. The maximum atomic E-state index is 13.1. The number of anilines is 1. The van der Waals surface area contributed by atoms with E-state index in [1.165, 1.54) is 4.90 Å². The molecule has 5 nitrogen and oxygen atoms in total. The Morgan fingerprint density at radius 3 is 2.43 bits per heavy atom. The van der Waals surface area contributed by atoms with Crippen LogP contribution in [0, 0.1) is 17.4 Å². The molecule has 28 heavy (non-hydrogen) atoms. The van der Waals surface area contributed by atoms with E-state index in [1.54, 1.807) is 6.08 Å². The van der Waals surface area contributed by atoms with Crippen molar-refractivity contribution < 1.29 is 14.3 Å². The highest BCUT2D eigenvalue weighted by molar-refractivity contribution is 14.1. The number of hydrogen-bond donors (Lipinski definition) is 1. The molecule has 3 rings (SSSR count). The lowest BCUT2D eigenvalue weighted by atomic mass is 10.1. The first-order chi connectivity index (χ1) is 13.3. The second-order valence-electron chi connectivity index (χ2n) is 6.43. The van der Waals surface area contributed by atoms with Gasteiger partial charge >= 0.3 is 0 Å². The molecular formula is C21H19IN2O3S. The van der Waals surface area contributed by atoms with Crippen LogP contribution in [-0.4, -0.2) is 23.5 Å². The number of carbonyl (C=O) groups is 2. The zero-order valence-corrected chi connectivity index (χ0v) is 18.7. The summed E-state index contributed by atoms with van der Waals surface area (Å²) in [7, 11) is 0. The maximum Gasteiger partial charge on any atom is 0.270 e. The molecule has 2 aromatic carbocycles. The summed E-state index contributed by atoms with van der Waals surface area (Å²) in [5, 5.41) is 2.70. The molecular weight excluding hydrogens is 487 g/mol. The molecule has 2 aromatic rings. The number of halogens is 1. The second-order valence-corrected chi connectivity index (χ2v) is 7.98. The van der Waals surface area contributed by atoms with Gasteiger partial charge in [-0.2, -0.15) is 0 Å². The molecule has 0 spiro atoms. The molecule has 7 heteroatoms. The molecule has 0 bridgehead atoms. The monoisotopic (exact) mass is 506 g/mol. The van der Waals surface area contributed by atoms with Gasteiger partial charge in [-0.3, -0.25) is 19.8 Å². The number of nitrogens with zero attached hydrogens (tertiary/aromatic N) is 1. The number of thiocarbonyl (C=S) groups is 1. The summed E-state index contributed by atoms with van der Waals surface area (Å²) in [6.07, 6.45) is 1.58. The Morgan fingerprint density at radius 2 is 1.82 bits per heavy atom. The highest BCUT2D eigenvalue weighted by Gasteiger charge is 2.34. The van der Waals surface area contributed by atoms with Crippen molar-refractivity contribution in [1.82, 2.24) is 5.32 Å². The van der Waals surface area contributed by atoms with Gasteiger partial charge in [0.15, 0.2) is 5.11 Å². The molecule has 0 unspecified atom stereocenters. The number of carbonyl (C=O) groups excluding carboxylic acids is 2. The molecule has 1 aliphatic heterocycles. The summed E-state index contributed by atoms with van der Waals surface area (Å²) in [6.45, 7) is 6.39. The van der Waals surface area contributed by atoms with Crippen molar-refractivity contribution in [3.8, 4) is 5.75 Å². The number of benzene rings is 2. The average Bonchev–Trinajstić information content (AvgIpc) is 2.60. The molecule has 0 aliphatic carbocycles. The van der Waals surface area contributed by atoms with E-state index in [2.05, 4.69) is 27.9 Å². The first-order valence-corrected chi connectivity index (χ1v) is 10.2. The van der Waals surface area contributed by atoms with Crippen LogP contribution >= 0.6 is 34.8 Å². The van der Waals surface area contributed by atoms with Crippen LogP contribution in [0.1, 0.15) is 23.6 Å². The van der Waals surface area contributed by atoms with E-state index >= 15 is 0 Å². The average molecular weight is 506 g/mol. The molecule has 1 N–H and O–H groups in total.